The monoisotopic (exact) mass is 362 g/mol. The smallest absolute Gasteiger partial charge is 0.293 e. The molecule has 1 aromatic rings. The molecule has 1 unspecified atom stereocenters. The average molecular weight is 363 g/mol. The van der Waals surface area contributed by atoms with Crippen LogP contribution in [0.2, 0.25) is 0 Å². The summed E-state index contributed by atoms with van der Waals surface area (Å²) in [7, 11) is 3.28. The highest BCUT2D eigenvalue weighted by molar-refractivity contribution is 6.42. The SMILES string of the molecule is C/C=C\c1c(CC)cc(NC(=O)C(=O)C(CCC)NC)cc1OC.CC. The lowest BCUT2D eigenvalue weighted by Gasteiger charge is -2.16. The van der Waals surface area contributed by atoms with Crippen LogP contribution in [0.3, 0.4) is 0 Å². The first-order valence-electron chi connectivity index (χ1n) is 9.38. The third-order valence-electron chi connectivity index (χ3n) is 3.89. The van der Waals surface area contributed by atoms with Crippen molar-refractivity contribution >= 4 is 23.5 Å². The van der Waals surface area contributed by atoms with Crippen LogP contribution in [-0.2, 0) is 16.0 Å². The number of carbonyl (C=O) groups excluding carboxylic acids is 2. The van der Waals surface area contributed by atoms with E-state index < -0.39 is 17.7 Å². The van der Waals surface area contributed by atoms with Gasteiger partial charge in [0, 0.05) is 17.3 Å². The van der Waals surface area contributed by atoms with Crippen LogP contribution in [0.4, 0.5) is 5.69 Å². The molecule has 0 aliphatic carbocycles. The standard InChI is InChI=1S/C19H28N2O3.C2H6/c1-6-9-15-13(8-3)11-14(12-17(15)24-5)21-19(23)18(22)16(20-4)10-7-2;1-2/h6,9,11-12,16,20H,7-8,10H2,1-5H3,(H,21,23);1-2H3/b9-6-;. The van der Waals surface area contributed by atoms with E-state index in [1.54, 1.807) is 20.2 Å². The number of aryl methyl sites for hydroxylation is 1. The minimum absolute atomic E-state index is 0.450. The minimum atomic E-state index is -0.606. The third-order valence-corrected chi connectivity index (χ3v) is 3.89. The first-order chi connectivity index (χ1) is 12.5. The summed E-state index contributed by atoms with van der Waals surface area (Å²) in [5.41, 5.74) is 2.61. The number of carbonyl (C=O) groups is 2. The fraction of sp³-hybridized carbons (Fsp3) is 0.524. The number of ether oxygens (including phenoxy) is 1. The van der Waals surface area contributed by atoms with Crippen LogP contribution in [0.1, 0.15) is 58.6 Å². The summed E-state index contributed by atoms with van der Waals surface area (Å²) in [6.07, 6.45) is 6.18. The molecule has 1 amide bonds. The molecule has 0 heterocycles. The first kappa shape index (κ1) is 23.9. The van der Waals surface area contributed by atoms with E-state index in [-0.39, 0.29) is 0 Å². The van der Waals surface area contributed by atoms with Gasteiger partial charge in [0.25, 0.3) is 5.91 Å². The summed E-state index contributed by atoms with van der Waals surface area (Å²) < 4.78 is 5.43. The van der Waals surface area contributed by atoms with E-state index in [4.69, 9.17) is 4.74 Å². The summed E-state index contributed by atoms with van der Waals surface area (Å²) in [4.78, 5) is 24.5. The Morgan fingerprint density at radius 2 is 1.88 bits per heavy atom. The average Bonchev–Trinajstić information content (AvgIpc) is 2.67. The lowest BCUT2D eigenvalue weighted by Crippen LogP contribution is -2.41. The van der Waals surface area contributed by atoms with E-state index in [1.807, 2.05) is 52.8 Å². The van der Waals surface area contributed by atoms with Crippen LogP contribution >= 0.6 is 0 Å². The maximum Gasteiger partial charge on any atom is 0.293 e. The van der Waals surface area contributed by atoms with E-state index in [9.17, 15) is 9.59 Å². The second-order valence-corrected chi connectivity index (χ2v) is 5.55. The zero-order valence-corrected chi connectivity index (χ0v) is 17.2. The van der Waals surface area contributed by atoms with Gasteiger partial charge in [-0.1, -0.05) is 46.3 Å². The van der Waals surface area contributed by atoms with Crippen molar-refractivity contribution in [2.45, 2.75) is 59.9 Å². The largest absolute Gasteiger partial charge is 0.496 e. The van der Waals surface area contributed by atoms with Gasteiger partial charge < -0.3 is 15.4 Å². The Kier molecular flexibility index (Phi) is 12.0. The van der Waals surface area contributed by atoms with Crippen molar-refractivity contribution in [1.29, 1.82) is 0 Å². The number of hydrogen-bond donors (Lipinski definition) is 2. The summed E-state index contributed by atoms with van der Waals surface area (Å²) >= 11 is 0. The van der Waals surface area contributed by atoms with Crippen molar-refractivity contribution in [2.24, 2.45) is 0 Å². The predicted octanol–water partition coefficient (Wildman–Crippen LogP) is 4.21. The number of anilines is 1. The molecule has 0 aliphatic rings. The van der Waals surface area contributed by atoms with Gasteiger partial charge in [-0.25, -0.2) is 0 Å². The van der Waals surface area contributed by atoms with Gasteiger partial charge in [0.05, 0.1) is 13.2 Å². The Morgan fingerprint density at radius 1 is 1.23 bits per heavy atom. The molecule has 0 aromatic heterocycles. The summed E-state index contributed by atoms with van der Waals surface area (Å²) in [6.45, 7) is 9.96. The van der Waals surface area contributed by atoms with E-state index in [0.29, 0.717) is 17.9 Å². The van der Waals surface area contributed by atoms with Gasteiger partial charge in [0.2, 0.25) is 5.78 Å². The van der Waals surface area contributed by atoms with Gasteiger partial charge in [-0.05, 0) is 38.4 Å². The first-order valence-corrected chi connectivity index (χ1v) is 9.38. The molecule has 1 aromatic carbocycles. The molecular formula is C21H34N2O3. The topological polar surface area (TPSA) is 67.4 Å². The number of hydrogen-bond acceptors (Lipinski definition) is 4. The molecule has 0 spiro atoms. The minimum Gasteiger partial charge on any atom is -0.496 e. The van der Waals surface area contributed by atoms with Gasteiger partial charge in [0.15, 0.2) is 0 Å². The molecule has 0 saturated carbocycles. The van der Waals surface area contributed by atoms with Crippen molar-refractivity contribution in [3.8, 4) is 5.75 Å². The molecule has 5 nitrogen and oxygen atoms in total. The van der Waals surface area contributed by atoms with Gasteiger partial charge >= 0.3 is 0 Å². The second-order valence-electron chi connectivity index (χ2n) is 5.55. The van der Waals surface area contributed by atoms with E-state index in [0.717, 1.165) is 24.0 Å². The highest BCUT2D eigenvalue weighted by Gasteiger charge is 2.23. The second kappa shape index (κ2) is 13.1. The molecule has 0 aliphatic heterocycles. The van der Waals surface area contributed by atoms with Crippen molar-refractivity contribution in [3.05, 3.63) is 29.3 Å². The van der Waals surface area contributed by atoms with Crippen LogP contribution in [-0.4, -0.2) is 31.9 Å². The van der Waals surface area contributed by atoms with Gasteiger partial charge in [-0.3, -0.25) is 9.59 Å². The highest BCUT2D eigenvalue weighted by atomic mass is 16.5. The number of ketones is 1. The number of Topliss-reactive ketones (excluding diaryl/α,β-unsaturated/α-hetero) is 1. The molecule has 1 atom stereocenters. The molecule has 146 valence electrons. The van der Waals surface area contributed by atoms with E-state index >= 15 is 0 Å². The Bertz CT molecular complexity index is 584. The van der Waals surface area contributed by atoms with Crippen LogP contribution in [0.25, 0.3) is 6.08 Å². The van der Waals surface area contributed by atoms with Crippen molar-refractivity contribution < 1.29 is 14.3 Å². The summed E-state index contributed by atoms with van der Waals surface area (Å²) in [5, 5.41) is 5.60. The molecule has 0 saturated heterocycles. The van der Waals surface area contributed by atoms with Crippen molar-refractivity contribution in [3.63, 3.8) is 0 Å². The summed E-state index contributed by atoms with van der Waals surface area (Å²) in [5.74, 6) is -0.381. The van der Waals surface area contributed by atoms with Crippen LogP contribution in [0, 0.1) is 0 Å². The number of benzene rings is 1. The van der Waals surface area contributed by atoms with Gasteiger partial charge in [0.1, 0.15) is 5.75 Å². The van der Waals surface area contributed by atoms with Crippen LogP contribution in [0.5, 0.6) is 5.75 Å². The molecule has 26 heavy (non-hydrogen) atoms. The molecule has 2 N–H and O–H groups in total. The number of amides is 1. The number of nitrogens with one attached hydrogen (secondary N) is 2. The van der Waals surface area contributed by atoms with Crippen molar-refractivity contribution in [1.82, 2.24) is 5.32 Å². The molecule has 0 fully saturated rings. The zero-order valence-electron chi connectivity index (χ0n) is 17.2. The van der Waals surface area contributed by atoms with Gasteiger partial charge in [-0.2, -0.15) is 0 Å². The fourth-order valence-electron chi connectivity index (χ4n) is 2.62. The number of likely N-dealkylation sites (N-methyl/N-ethyl adjacent to an activating group) is 1. The molecular weight excluding hydrogens is 328 g/mol. The number of methoxy groups -OCH3 is 1. The summed E-state index contributed by atoms with van der Waals surface area (Å²) in [6, 6.07) is 3.18. The van der Waals surface area contributed by atoms with Crippen molar-refractivity contribution in [2.75, 3.05) is 19.5 Å². The maximum atomic E-state index is 12.2. The van der Waals surface area contributed by atoms with Crippen LogP contribution < -0.4 is 15.4 Å². The van der Waals surface area contributed by atoms with Crippen LogP contribution in [0.15, 0.2) is 18.2 Å². The number of rotatable bonds is 9. The Hall–Kier alpha value is -2.14. The zero-order chi connectivity index (χ0) is 20.1. The molecule has 0 radical (unpaired) electrons. The molecule has 0 bridgehead atoms. The van der Waals surface area contributed by atoms with E-state index in [1.165, 1.54) is 0 Å². The Labute approximate surface area is 158 Å². The lowest BCUT2D eigenvalue weighted by atomic mass is 10.0. The normalized spacial score (nSPS) is 11.5. The Morgan fingerprint density at radius 3 is 2.35 bits per heavy atom. The maximum absolute atomic E-state index is 12.2. The Balaban J connectivity index is 0.00000301. The van der Waals surface area contributed by atoms with Gasteiger partial charge in [-0.15, -0.1) is 0 Å². The predicted molar refractivity (Wildman–Crippen MR) is 110 cm³/mol. The molecule has 1 rings (SSSR count). The van der Waals surface area contributed by atoms with E-state index in [2.05, 4.69) is 10.6 Å². The lowest BCUT2D eigenvalue weighted by molar-refractivity contribution is -0.136. The highest BCUT2D eigenvalue weighted by Crippen LogP contribution is 2.29. The molecule has 5 heteroatoms. The number of allylic oxidation sites excluding steroid dienone is 1. The fourth-order valence-corrected chi connectivity index (χ4v) is 2.62. The third kappa shape index (κ3) is 6.64. The quantitative estimate of drug-likeness (QED) is 0.646.